The lowest BCUT2D eigenvalue weighted by Gasteiger charge is -2.13. The zero-order chi connectivity index (χ0) is 16.4. The Hall–Kier alpha value is -2.74. The number of para-hydroxylation sites is 1. The molecule has 0 fully saturated rings. The molecule has 8 heteroatoms. The number of aryl methyl sites for hydroxylation is 1. The van der Waals surface area contributed by atoms with Gasteiger partial charge < -0.3 is 15.0 Å². The maximum absolute atomic E-state index is 12.0. The number of nitrogens with zero attached hydrogens (tertiary/aromatic N) is 3. The van der Waals surface area contributed by atoms with Crippen LogP contribution in [0.15, 0.2) is 36.7 Å². The summed E-state index contributed by atoms with van der Waals surface area (Å²) in [6.07, 6.45) is 3.40. The SMILES string of the molecule is Cn1cc(C[C@H](NC(=O)c2cnsn2)C(=O)O)c2ccccc21. The van der Waals surface area contributed by atoms with Crippen molar-refractivity contribution < 1.29 is 14.7 Å². The summed E-state index contributed by atoms with van der Waals surface area (Å²) in [5.41, 5.74) is 2.01. The summed E-state index contributed by atoms with van der Waals surface area (Å²) in [6, 6.07) is 6.71. The van der Waals surface area contributed by atoms with Gasteiger partial charge in [-0.1, -0.05) is 18.2 Å². The molecule has 0 aliphatic rings. The molecule has 0 unspecified atom stereocenters. The second-order valence-corrected chi connectivity index (χ2v) is 5.70. The van der Waals surface area contributed by atoms with E-state index < -0.39 is 17.9 Å². The number of aromatic nitrogens is 3. The van der Waals surface area contributed by atoms with E-state index in [-0.39, 0.29) is 12.1 Å². The summed E-state index contributed by atoms with van der Waals surface area (Å²) < 4.78 is 9.49. The Morgan fingerprint density at radius 1 is 1.39 bits per heavy atom. The second kappa shape index (κ2) is 6.17. The largest absolute Gasteiger partial charge is 0.480 e. The Morgan fingerprint density at radius 2 is 2.17 bits per heavy atom. The Morgan fingerprint density at radius 3 is 2.87 bits per heavy atom. The second-order valence-electron chi connectivity index (χ2n) is 5.14. The average molecular weight is 330 g/mol. The van der Waals surface area contributed by atoms with E-state index in [1.54, 1.807) is 0 Å². The molecule has 0 saturated carbocycles. The molecular formula is C15H14N4O3S. The molecule has 0 aliphatic carbocycles. The van der Waals surface area contributed by atoms with Gasteiger partial charge in [-0.3, -0.25) is 4.79 Å². The molecule has 0 aliphatic heterocycles. The van der Waals surface area contributed by atoms with Crippen LogP contribution >= 0.6 is 11.7 Å². The Bertz CT molecular complexity index is 857. The van der Waals surface area contributed by atoms with Crippen LogP contribution in [0.1, 0.15) is 16.1 Å². The number of carboxylic acids is 1. The normalized spacial score (nSPS) is 12.2. The van der Waals surface area contributed by atoms with Gasteiger partial charge in [0.15, 0.2) is 5.69 Å². The smallest absolute Gasteiger partial charge is 0.326 e. The number of carboxylic acid groups (broad SMARTS) is 1. The predicted molar refractivity (Wildman–Crippen MR) is 85.4 cm³/mol. The molecule has 1 amide bonds. The van der Waals surface area contributed by atoms with Gasteiger partial charge in [-0.25, -0.2) is 4.79 Å². The lowest BCUT2D eigenvalue weighted by molar-refractivity contribution is -0.139. The molecule has 3 rings (SSSR count). The zero-order valence-electron chi connectivity index (χ0n) is 12.3. The summed E-state index contributed by atoms with van der Waals surface area (Å²) in [4.78, 5) is 23.5. The summed E-state index contributed by atoms with van der Waals surface area (Å²) in [6.45, 7) is 0. The highest BCUT2D eigenvalue weighted by atomic mass is 32.1. The van der Waals surface area contributed by atoms with E-state index in [4.69, 9.17) is 0 Å². The standard InChI is InChI=1S/C15H14N4O3S/c1-19-8-9(10-4-2-3-5-13(10)19)6-11(15(21)22)17-14(20)12-7-16-23-18-12/h2-5,7-8,11H,6H2,1H3,(H,17,20)(H,21,22)/t11-/m0/s1. The molecule has 2 N–H and O–H groups in total. The topological polar surface area (TPSA) is 97.1 Å². The van der Waals surface area contributed by atoms with Crippen LogP contribution in [-0.4, -0.2) is 36.3 Å². The van der Waals surface area contributed by atoms with Gasteiger partial charge in [0, 0.05) is 30.6 Å². The number of rotatable bonds is 5. The van der Waals surface area contributed by atoms with Crippen LogP contribution in [0.5, 0.6) is 0 Å². The van der Waals surface area contributed by atoms with Crippen LogP contribution < -0.4 is 5.32 Å². The zero-order valence-corrected chi connectivity index (χ0v) is 13.1. The van der Waals surface area contributed by atoms with E-state index in [0.717, 1.165) is 28.2 Å². The third kappa shape index (κ3) is 3.07. The van der Waals surface area contributed by atoms with Crippen molar-refractivity contribution in [2.75, 3.05) is 0 Å². The van der Waals surface area contributed by atoms with Crippen molar-refractivity contribution in [3.63, 3.8) is 0 Å². The minimum Gasteiger partial charge on any atom is -0.480 e. The van der Waals surface area contributed by atoms with Crippen LogP contribution in [0.3, 0.4) is 0 Å². The minimum atomic E-state index is -1.09. The van der Waals surface area contributed by atoms with Crippen molar-refractivity contribution >= 4 is 34.5 Å². The van der Waals surface area contributed by atoms with E-state index in [1.165, 1.54) is 6.20 Å². The lowest BCUT2D eigenvalue weighted by atomic mass is 10.0. The number of hydrogen-bond acceptors (Lipinski definition) is 5. The highest BCUT2D eigenvalue weighted by Gasteiger charge is 2.23. The molecule has 2 heterocycles. The molecule has 3 aromatic rings. The van der Waals surface area contributed by atoms with E-state index >= 15 is 0 Å². The number of benzene rings is 1. The fraction of sp³-hybridized carbons (Fsp3) is 0.200. The van der Waals surface area contributed by atoms with Crippen LogP contribution in [0.4, 0.5) is 0 Å². The molecule has 118 valence electrons. The summed E-state index contributed by atoms with van der Waals surface area (Å²) in [5, 5.41) is 12.9. The van der Waals surface area contributed by atoms with Crippen LogP contribution in [0, 0.1) is 0 Å². The minimum absolute atomic E-state index is 0.124. The van der Waals surface area contributed by atoms with Crippen LogP contribution in [-0.2, 0) is 18.3 Å². The first-order valence-corrected chi connectivity index (χ1v) is 7.63. The first-order valence-electron chi connectivity index (χ1n) is 6.90. The molecule has 0 saturated heterocycles. The van der Waals surface area contributed by atoms with E-state index in [2.05, 4.69) is 14.1 Å². The number of fused-ring (bicyclic) bond motifs is 1. The van der Waals surface area contributed by atoms with Gasteiger partial charge in [0.1, 0.15) is 6.04 Å². The monoisotopic (exact) mass is 330 g/mol. The number of amides is 1. The van der Waals surface area contributed by atoms with Crippen molar-refractivity contribution in [3.8, 4) is 0 Å². The summed E-state index contributed by atoms with van der Waals surface area (Å²) in [5.74, 6) is -1.62. The lowest BCUT2D eigenvalue weighted by Crippen LogP contribution is -2.42. The van der Waals surface area contributed by atoms with Gasteiger partial charge in [0.2, 0.25) is 0 Å². The molecule has 7 nitrogen and oxygen atoms in total. The first kappa shape index (κ1) is 15.2. The number of hydrogen-bond donors (Lipinski definition) is 2. The molecule has 0 spiro atoms. The molecule has 1 aromatic carbocycles. The number of carbonyl (C=O) groups is 2. The molecule has 0 bridgehead atoms. The maximum Gasteiger partial charge on any atom is 0.326 e. The third-order valence-electron chi connectivity index (χ3n) is 3.60. The first-order chi connectivity index (χ1) is 11.1. The Balaban J connectivity index is 1.84. The number of nitrogens with one attached hydrogen (secondary N) is 1. The molecule has 0 radical (unpaired) electrons. The van der Waals surface area contributed by atoms with Gasteiger partial charge in [-0.05, 0) is 11.6 Å². The Kier molecular flexibility index (Phi) is 4.07. The highest BCUT2D eigenvalue weighted by Crippen LogP contribution is 2.21. The van der Waals surface area contributed by atoms with Crippen LogP contribution in [0.2, 0.25) is 0 Å². The Labute approximate surface area is 135 Å². The third-order valence-corrected chi connectivity index (χ3v) is 4.08. The van der Waals surface area contributed by atoms with Crippen molar-refractivity contribution in [1.29, 1.82) is 0 Å². The van der Waals surface area contributed by atoms with E-state index in [0.29, 0.717) is 0 Å². The van der Waals surface area contributed by atoms with Crippen molar-refractivity contribution in [1.82, 2.24) is 18.6 Å². The van der Waals surface area contributed by atoms with Crippen molar-refractivity contribution in [2.45, 2.75) is 12.5 Å². The number of aliphatic carboxylic acids is 1. The molecule has 2 aromatic heterocycles. The number of carbonyl (C=O) groups excluding carboxylic acids is 1. The van der Waals surface area contributed by atoms with Gasteiger partial charge in [-0.15, -0.1) is 0 Å². The van der Waals surface area contributed by atoms with E-state index in [1.807, 2.05) is 42.1 Å². The molecular weight excluding hydrogens is 316 g/mol. The van der Waals surface area contributed by atoms with Crippen LogP contribution in [0.25, 0.3) is 10.9 Å². The molecule has 23 heavy (non-hydrogen) atoms. The van der Waals surface area contributed by atoms with Gasteiger partial charge >= 0.3 is 5.97 Å². The van der Waals surface area contributed by atoms with E-state index in [9.17, 15) is 14.7 Å². The maximum atomic E-state index is 12.0. The average Bonchev–Trinajstić information content (AvgIpc) is 3.16. The predicted octanol–water partition coefficient (Wildman–Crippen LogP) is 1.46. The van der Waals surface area contributed by atoms with Gasteiger partial charge in [0.05, 0.1) is 17.9 Å². The van der Waals surface area contributed by atoms with Gasteiger partial charge in [0.25, 0.3) is 5.91 Å². The fourth-order valence-corrected chi connectivity index (χ4v) is 2.92. The van der Waals surface area contributed by atoms with Gasteiger partial charge in [-0.2, -0.15) is 8.75 Å². The fourth-order valence-electron chi connectivity index (χ4n) is 2.51. The highest BCUT2D eigenvalue weighted by molar-refractivity contribution is 6.99. The summed E-state index contributed by atoms with van der Waals surface area (Å²) >= 11 is 0.901. The molecule has 1 atom stereocenters. The quantitative estimate of drug-likeness (QED) is 0.738. The summed E-state index contributed by atoms with van der Waals surface area (Å²) in [7, 11) is 1.90. The van der Waals surface area contributed by atoms with Crippen molar-refractivity contribution in [2.24, 2.45) is 7.05 Å². The van der Waals surface area contributed by atoms with Crippen molar-refractivity contribution in [3.05, 3.63) is 47.9 Å².